The van der Waals surface area contributed by atoms with Crippen molar-refractivity contribution in [2.24, 2.45) is 0 Å². The smallest absolute Gasteiger partial charge is 0.228 e. The monoisotopic (exact) mass is 253 g/mol. The van der Waals surface area contributed by atoms with E-state index in [0.717, 1.165) is 28.0 Å². The van der Waals surface area contributed by atoms with E-state index in [1.807, 2.05) is 55.1 Å². The van der Waals surface area contributed by atoms with E-state index in [1.165, 1.54) is 0 Å². The normalized spacial score (nSPS) is 11.1. The summed E-state index contributed by atoms with van der Waals surface area (Å²) >= 11 is 0. The van der Waals surface area contributed by atoms with Gasteiger partial charge >= 0.3 is 0 Å². The summed E-state index contributed by atoms with van der Waals surface area (Å²) in [6.45, 7) is 5.55. The molecule has 0 aliphatic carbocycles. The molecule has 0 amide bonds. The molecule has 3 aromatic rings. The number of hydrogen-bond donors (Lipinski definition) is 0. The maximum absolute atomic E-state index is 11.7. The average molecular weight is 253 g/mol. The van der Waals surface area contributed by atoms with E-state index in [9.17, 15) is 4.79 Å². The molecule has 0 atom stereocenters. The Morgan fingerprint density at radius 1 is 1.21 bits per heavy atom. The number of carbonyl (C=O) groups is 1. The van der Waals surface area contributed by atoms with Gasteiger partial charge < -0.3 is 0 Å². The summed E-state index contributed by atoms with van der Waals surface area (Å²) in [5, 5.41) is 5.53. The quantitative estimate of drug-likeness (QED) is 0.668. The molecule has 0 unspecified atom stereocenters. The highest BCUT2D eigenvalue weighted by molar-refractivity contribution is 5.96. The number of aryl methyl sites for hydroxylation is 2. The van der Waals surface area contributed by atoms with Crippen molar-refractivity contribution in [1.82, 2.24) is 14.3 Å². The molecule has 3 rings (SSSR count). The molecule has 96 valence electrons. The van der Waals surface area contributed by atoms with Crippen LogP contribution in [-0.4, -0.2) is 20.3 Å². The minimum absolute atomic E-state index is 0.00369. The lowest BCUT2D eigenvalue weighted by Gasteiger charge is -2.01. The molecule has 0 N–H and O–H groups in total. The van der Waals surface area contributed by atoms with Crippen molar-refractivity contribution >= 4 is 16.8 Å². The molecule has 0 saturated heterocycles. The molecular weight excluding hydrogens is 238 g/mol. The van der Waals surface area contributed by atoms with E-state index in [0.29, 0.717) is 0 Å². The zero-order chi connectivity index (χ0) is 13.6. The van der Waals surface area contributed by atoms with Gasteiger partial charge in [0.15, 0.2) is 0 Å². The lowest BCUT2D eigenvalue weighted by Crippen LogP contribution is -2.03. The Morgan fingerprint density at radius 2 is 1.95 bits per heavy atom. The third-order valence-corrected chi connectivity index (χ3v) is 3.27. The average Bonchev–Trinajstić information content (AvgIpc) is 2.89. The molecule has 0 saturated carbocycles. The number of fused-ring (bicyclic) bond motifs is 1. The minimum Gasteiger partial charge on any atom is -0.285 e. The van der Waals surface area contributed by atoms with Crippen LogP contribution in [0.5, 0.6) is 0 Å². The van der Waals surface area contributed by atoms with E-state index >= 15 is 0 Å². The molecule has 0 radical (unpaired) electrons. The number of rotatable bonds is 1. The second-order valence-electron chi connectivity index (χ2n) is 4.76. The highest BCUT2D eigenvalue weighted by atomic mass is 16.1. The van der Waals surface area contributed by atoms with E-state index < -0.39 is 0 Å². The van der Waals surface area contributed by atoms with Crippen molar-refractivity contribution in [3.8, 4) is 5.69 Å². The number of aromatic nitrogens is 3. The largest absolute Gasteiger partial charge is 0.285 e. The number of para-hydroxylation sites is 1. The molecule has 4 nitrogen and oxygen atoms in total. The molecule has 4 heteroatoms. The van der Waals surface area contributed by atoms with E-state index in [2.05, 4.69) is 5.10 Å². The third-order valence-electron chi connectivity index (χ3n) is 3.27. The van der Waals surface area contributed by atoms with Crippen molar-refractivity contribution in [2.45, 2.75) is 20.8 Å². The summed E-state index contributed by atoms with van der Waals surface area (Å²) < 4.78 is 3.55. The highest BCUT2D eigenvalue weighted by Gasteiger charge is 2.14. The Labute approximate surface area is 111 Å². The maximum atomic E-state index is 11.7. The van der Waals surface area contributed by atoms with Crippen molar-refractivity contribution < 1.29 is 4.79 Å². The molecular formula is C15H15N3O. The summed E-state index contributed by atoms with van der Waals surface area (Å²) in [4.78, 5) is 11.7. The predicted molar refractivity (Wildman–Crippen MR) is 74.8 cm³/mol. The van der Waals surface area contributed by atoms with Gasteiger partial charge in [-0.2, -0.15) is 5.10 Å². The van der Waals surface area contributed by atoms with Crippen LogP contribution >= 0.6 is 0 Å². The summed E-state index contributed by atoms with van der Waals surface area (Å²) in [6, 6.07) is 9.90. The summed E-state index contributed by atoms with van der Waals surface area (Å²) in [6.07, 6.45) is 1.85. The Kier molecular flexibility index (Phi) is 2.52. The second kappa shape index (κ2) is 4.09. The molecule has 19 heavy (non-hydrogen) atoms. The number of nitrogens with zero attached hydrogens (tertiary/aromatic N) is 3. The first-order chi connectivity index (χ1) is 9.08. The van der Waals surface area contributed by atoms with Crippen LogP contribution in [0, 0.1) is 13.8 Å². The van der Waals surface area contributed by atoms with Crippen LogP contribution in [0.4, 0.5) is 0 Å². The van der Waals surface area contributed by atoms with Gasteiger partial charge in [-0.05, 0) is 26.0 Å². The van der Waals surface area contributed by atoms with Gasteiger partial charge in [0, 0.05) is 24.2 Å². The molecule has 0 bridgehead atoms. The van der Waals surface area contributed by atoms with Gasteiger partial charge in [0.2, 0.25) is 5.91 Å². The molecule has 0 spiro atoms. The standard InChI is InChI=1S/C15H15N3O/c1-10-8-11(2)18(16-10)15-9-17(12(3)19)14-7-5-4-6-13(14)15/h4-9H,1-3H3. The van der Waals surface area contributed by atoms with Crippen molar-refractivity contribution in [3.05, 3.63) is 47.9 Å². The fraction of sp³-hybridized carbons (Fsp3) is 0.200. The fourth-order valence-electron chi connectivity index (χ4n) is 2.46. The molecule has 0 aliphatic heterocycles. The number of hydrogen-bond acceptors (Lipinski definition) is 2. The van der Waals surface area contributed by atoms with Crippen LogP contribution in [0.1, 0.15) is 23.1 Å². The predicted octanol–water partition coefficient (Wildman–Crippen LogP) is 3.10. The first-order valence-electron chi connectivity index (χ1n) is 6.22. The molecule has 0 aliphatic rings. The van der Waals surface area contributed by atoms with Gasteiger partial charge in [-0.25, -0.2) is 4.68 Å². The van der Waals surface area contributed by atoms with Crippen molar-refractivity contribution in [2.75, 3.05) is 0 Å². The maximum Gasteiger partial charge on any atom is 0.228 e. The Bertz CT molecular complexity index is 780. The Hall–Kier alpha value is -2.36. The summed E-state index contributed by atoms with van der Waals surface area (Å²) in [5.41, 5.74) is 3.88. The van der Waals surface area contributed by atoms with E-state index in [-0.39, 0.29) is 5.91 Å². The van der Waals surface area contributed by atoms with E-state index in [4.69, 9.17) is 0 Å². The second-order valence-corrected chi connectivity index (χ2v) is 4.76. The zero-order valence-corrected chi connectivity index (χ0v) is 11.2. The lowest BCUT2D eigenvalue weighted by atomic mass is 10.2. The lowest BCUT2D eigenvalue weighted by molar-refractivity contribution is 0.0941. The molecule has 2 aromatic heterocycles. The Balaban J connectivity index is 2.36. The number of carbonyl (C=O) groups excluding carboxylic acids is 1. The van der Waals surface area contributed by atoms with Gasteiger partial charge in [0.1, 0.15) is 0 Å². The highest BCUT2D eigenvalue weighted by Crippen LogP contribution is 2.25. The third kappa shape index (κ3) is 1.76. The van der Waals surface area contributed by atoms with Gasteiger partial charge in [-0.3, -0.25) is 9.36 Å². The van der Waals surface area contributed by atoms with Crippen LogP contribution in [-0.2, 0) is 0 Å². The van der Waals surface area contributed by atoms with Crippen LogP contribution in [0.3, 0.4) is 0 Å². The van der Waals surface area contributed by atoms with Crippen LogP contribution in [0.25, 0.3) is 16.6 Å². The van der Waals surface area contributed by atoms with Gasteiger partial charge in [-0.1, -0.05) is 18.2 Å². The van der Waals surface area contributed by atoms with Gasteiger partial charge in [-0.15, -0.1) is 0 Å². The summed E-state index contributed by atoms with van der Waals surface area (Å²) in [7, 11) is 0. The molecule has 0 fully saturated rings. The van der Waals surface area contributed by atoms with Crippen LogP contribution in [0.15, 0.2) is 36.5 Å². The minimum atomic E-state index is 0.00369. The SMILES string of the molecule is CC(=O)n1cc(-n2nc(C)cc2C)c2ccccc21. The number of benzene rings is 1. The van der Waals surface area contributed by atoms with Crippen LogP contribution < -0.4 is 0 Å². The first kappa shape index (κ1) is 11.7. The van der Waals surface area contributed by atoms with Crippen molar-refractivity contribution in [1.29, 1.82) is 0 Å². The van der Waals surface area contributed by atoms with E-state index in [1.54, 1.807) is 11.5 Å². The van der Waals surface area contributed by atoms with Crippen LogP contribution in [0.2, 0.25) is 0 Å². The van der Waals surface area contributed by atoms with Gasteiger partial charge in [0.05, 0.1) is 16.9 Å². The topological polar surface area (TPSA) is 39.8 Å². The fourth-order valence-corrected chi connectivity index (χ4v) is 2.46. The van der Waals surface area contributed by atoms with Crippen molar-refractivity contribution in [3.63, 3.8) is 0 Å². The van der Waals surface area contributed by atoms with Gasteiger partial charge in [0.25, 0.3) is 0 Å². The first-order valence-corrected chi connectivity index (χ1v) is 6.22. The summed E-state index contributed by atoms with van der Waals surface area (Å²) in [5.74, 6) is 0.00369. The molecule has 1 aromatic carbocycles. The zero-order valence-electron chi connectivity index (χ0n) is 11.2. The molecule has 2 heterocycles. The Morgan fingerprint density at radius 3 is 2.58 bits per heavy atom.